The average molecular weight is 324 g/mol. The maximum absolute atomic E-state index is 12.0. The Hall–Kier alpha value is -2.72. The summed E-state index contributed by atoms with van der Waals surface area (Å²) in [6.07, 6.45) is 1.62. The lowest BCUT2D eigenvalue weighted by Gasteiger charge is -2.10. The molecule has 23 heavy (non-hydrogen) atoms. The van der Waals surface area contributed by atoms with Crippen molar-refractivity contribution in [2.45, 2.75) is 0 Å². The number of nitrogens with zero attached hydrogens (tertiary/aromatic N) is 1. The lowest BCUT2D eigenvalue weighted by molar-refractivity contribution is -0.115. The maximum atomic E-state index is 12.0. The number of halogens is 1. The summed E-state index contributed by atoms with van der Waals surface area (Å²) in [6.45, 7) is 0. The van der Waals surface area contributed by atoms with Crippen LogP contribution in [0.15, 0.2) is 48.5 Å². The minimum atomic E-state index is -0.180. The molecule has 2 N–H and O–H groups in total. The average Bonchev–Trinajstić information content (AvgIpc) is 2.72. The monoisotopic (exact) mass is 323 g/mol. The standard InChI is InChI=1S/C18H14ClN3O/c1-22-14-5-3-2-4-13(14)17-15(22)10-16(23)20-21-18(17)11-6-8-12(19)9-7-11/h2-10,21H,1H3,(H,20,23). The van der Waals surface area contributed by atoms with Gasteiger partial charge in [0, 0.05) is 39.8 Å². The van der Waals surface area contributed by atoms with E-state index in [-0.39, 0.29) is 5.91 Å². The third kappa shape index (κ3) is 2.19. The molecule has 5 heteroatoms. The van der Waals surface area contributed by atoms with Crippen LogP contribution in [0, 0.1) is 0 Å². The van der Waals surface area contributed by atoms with Crippen molar-refractivity contribution in [1.82, 2.24) is 15.4 Å². The first-order valence-corrected chi connectivity index (χ1v) is 7.64. The molecule has 1 amide bonds. The summed E-state index contributed by atoms with van der Waals surface area (Å²) < 4.78 is 2.03. The van der Waals surface area contributed by atoms with Crippen molar-refractivity contribution in [3.63, 3.8) is 0 Å². The van der Waals surface area contributed by atoms with Crippen LogP contribution in [0.25, 0.3) is 22.7 Å². The predicted octanol–water partition coefficient (Wildman–Crippen LogP) is 1.40. The van der Waals surface area contributed by atoms with E-state index in [1.54, 1.807) is 6.08 Å². The normalized spacial score (nSPS) is 13.8. The van der Waals surface area contributed by atoms with Gasteiger partial charge < -0.3 is 4.57 Å². The number of aryl methyl sites for hydroxylation is 1. The molecule has 0 fully saturated rings. The largest absolute Gasteiger partial charge is 0.343 e. The van der Waals surface area contributed by atoms with Crippen molar-refractivity contribution in [3.8, 4) is 0 Å². The number of nitrogens with one attached hydrogen (secondary N) is 2. The van der Waals surface area contributed by atoms with Gasteiger partial charge in [0.2, 0.25) is 0 Å². The van der Waals surface area contributed by atoms with Crippen LogP contribution >= 0.6 is 11.6 Å². The highest BCUT2D eigenvalue weighted by molar-refractivity contribution is 6.30. The predicted molar refractivity (Wildman–Crippen MR) is 91.9 cm³/mol. The number of para-hydroxylation sites is 1. The van der Waals surface area contributed by atoms with Crippen LogP contribution in [0.3, 0.4) is 0 Å². The molecule has 0 radical (unpaired) electrons. The quantitative estimate of drug-likeness (QED) is 0.711. The van der Waals surface area contributed by atoms with Gasteiger partial charge in [0.1, 0.15) is 0 Å². The van der Waals surface area contributed by atoms with E-state index in [9.17, 15) is 4.79 Å². The van der Waals surface area contributed by atoms with Crippen LogP contribution in [0.4, 0.5) is 0 Å². The molecule has 0 saturated heterocycles. The Bertz CT molecular complexity index is 1050. The fourth-order valence-electron chi connectivity index (χ4n) is 3.02. The summed E-state index contributed by atoms with van der Waals surface area (Å²) >= 11 is 6.00. The second kappa shape index (κ2) is 5.18. The minimum Gasteiger partial charge on any atom is -0.343 e. The number of fused-ring (bicyclic) bond motifs is 3. The minimum absolute atomic E-state index is 0.180. The summed E-state index contributed by atoms with van der Waals surface area (Å²) in [5.41, 5.74) is 8.66. The summed E-state index contributed by atoms with van der Waals surface area (Å²) in [4.78, 5) is 12.0. The Balaban J connectivity index is 2.21. The zero-order valence-electron chi connectivity index (χ0n) is 12.4. The van der Waals surface area contributed by atoms with Gasteiger partial charge in [-0.15, -0.1) is 0 Å². The third-order valence-electron chi connectivity index (χ3n) is 4.11. The molecule has 0 saturated carbocycles. The van der Waals surface area contributed by atoms with Gasteiger partial charge in [-0.2, -0.15) is 0 Å². The van der Waals surface area contributed by atoms with E-state index in [2.05, 4.69) is 23.0 Å². The molecule has 0 atom stereocenters. The van der Waals surface area contributed by atoms with Crippen LogP contribution in [-0.2, 0) is 11.8 Å². The Morgan fingerprint density at radius 2 is 1.74 bits per heavy atom. The van der Waals surface area contributed by atoms with Gasteiger partial charge in [0.25, 0.3) is 5.91 Å². The lowest BCUT2D eigenvalue weighted by atomic mass is 10.1. The molecule has 2 aromatic carbocycles. The molecular weight excluding hydrogens is 310 g/mol. The first kappa shape index (κ1) is 13.9. The Morgan fingerprint density at radius 3 is 2.52 bits per heavy atom. The zero-order valence-corrected chi connectivity index (χ0v) is 13.2. The zero-order chi connectivity index (χ0) is 16.0. The summed E-state index contributed by atoms with van der Waals surface area (Å²) in [5, 5.41) is 3.65. The van der Waals surface area contributed by atoms with Gasteiger partial charge in [-0.1, -0.05) is 41.9 Å². The molecule has 4 nitrogen and oxygen atoms in total. The van der Waals surface area contributed by atoms with Crippen molar-refractivity contribution in [1.29, 1.82) is 0 Å². The Labute approximate surface area is 137 Å². The number of hydrazine groups is 1. The van der Waals surface area contributed by atoms with Gasteiger partial charge in [0.05, 0.1) is 11.0 Å². The molecule has 2 heterocycles. The lowest BCUT2D eigenvalue weighted by Crippen LogP contribution is -2.36. The van der Waals surface area contributed by atoms with Gasteiger partial charge in [-0.25, -0.2) is 0 Å². The van der Waals surface area contributed by atoms with E-state index in [1.165, 1.54) is 0 Å². The van der Waals surface area contributed by atoms with E-state index in [4.69, 9.17) is 11.6 Å². The summed E-state index contributed by atoms with van der Waals surface area (Å²) in [5.74, 6) is -0.180. The number of aromatic nitrogens is 1. The second-order valence-electron chi connectivity index (χ2n) is 5.48. The molecule has 1 aromatic heterocycles. The number of benzene rings is 2. The van der Waals surface area contributed by atoms with Gasteiger partial charge in [0.15, 0.2) is 0 Å². The number of hydrogen-bond acceptors (Lipinski definition) is 2. The first-order valence-electron chi connectivity index (χ1n) is 7.26. The molecule has 4 rings (SSSR count). The number of hydrogen-bond donors (Lipinski definition) is 2. The maximum Gasteiger partial charge on any atom is 0.264 e. The topological polar surface area (TPSA) is 46.1 Å². The molecule has 0 spiro atoms. The molecule has 0 aliphatic carbocycles. The summed E-state index contributed by atoms with van der Waals surface area (Å²) in [6, 6.07) is 15.7. The number of amides is 1. The van der Waals surface area contributed by atoms with Gasteiger partial charge in [-0.3, -0.25) is 15.6 Å². The van der Waals surface area contributed by atoms with Crippen molar-refractivity contribution in [2.75, 3.05) is 0 Å². The number of carbonyl (C=O) groups excluding carboxylic acids is 1. The Morgan fingerprint density at radius 1 is 1.00 bits per heavy atom. The smallest absolute Gasteiger partial charge is 0.264 e. The van der Waals surface area contributed by atoms with Gasteiger partial charge in [-0.05, 0) is 18.2 Å². The van der Waals surface area contributed by atoms with Gasteiger partial charge >= 0.3 is 0 Å². The molecule has 1 aliphatic rings. The molecule has 114 valence electrons. The molecular formula is C18H14ClN3O. The fourth-order valence-corrected chi connectivity index (χ4v) is 3.15. The highest BCUT2D eigenvalue weighted by atomic mass is 35.5. The molecule has 0 unspecified atom stereocenters. The number of rotatable bonds is 1. The van der Waals surface area contributed by atoms with Crippen LogP contribution in [-0.4, -0.2) is 10.5 Å². The highest BCUT2D eigenvalue weighted by Crippen LogP contribution is 2.15. The van der Waals surface area contributed by atoms with Crippen molar-refractivity contribution >= 4 is 40.2 Å². The first-order chi connectivity index (χ1) is 11.1. The molecule has 3 aromatic rings. The number of carbonyl (C=O) groups is 1. The summed E-state index contributed by atoms with van der Waals surface area (Å²) in [7, 11) is 1.97. The van der Waals surface area contributed by atoms with Crippen LogP contribution < -0.4 is 21.4 Å². The third-order valence-corrected chi connectivity index (χ3v) is 4.37. The fraction of sp³-hybridized carbons (Fsp3) is 0.0556. The molecule has 1 aliphatic heterocycles. The van der Waals surface area contributed by atoms with E-state index >= 15 is 0 Å². The highest BCUT2D eigenvalue weighted by Gasteiger charge is 2.15. The van der Waals surface area contributed by atoms with Crippen molar-refractivity contribution < 1.29 is 4.79 Å². The van der Waals surface area contributed by atoms with E-state index in [1.807, 2.05) is 48.0 Å². The van der Waals surface area contributed by atoms with E-state index in [0.717, 1.165) is 32.7 Å². The molecule has 0 bridgehead atoms. The van der Waals surface area contributed by atoms with Crippen molar-refractivity contribution in [2.24, 2.45) is 7.05 Å². The van der Waals surface area contributed by atoms with Crippen LogP contribution in [0.5, 0.6) is 0 Å². The van der Waals surface area contributed by atoms with Crippen molar-refractivity contribution in [3.05, 3.63) is 69.7 Å². The second-order valence-corrected chi connectivity index (χ2v) is 5.91. The van der Waals surface area contributed by atoms with E-state index in [0.29, 0.717) is 5.02 Å². The van der Waals surface area contributed by atoms with E-state index < -0.39 is 0 Å². The van der Waals surface area contributed by atoms with Crippen LogP contribution in [0.1, 0.15) is 5.56 Å². The van der Waals surface area contributed by atoms with Crippen LogP contribution in [0.2, 0.25) is 5.02 Å². The Kier molecular flexibility index (Phi) is 3.13. The SMILES string of the molecule is Cn1c2c(c3ccccc31)=C(c1ccc(Cl)cc1)NNC(=O)C=2.